The van der Waals surface area contributed by atoms with Crippen molar-refractivity contribution in [1.82, 2.24) is 33.9 Å². The van der Waals surface area contributed by atoms with Gasteiger partial charge in [0.25, 0.3) is 5.91 Å². The number of aromatic nitrogens is 6. The van der Waals surface area contributed by atoms with Gasteiger partial charge >= 0.3 is 5.97 Å². The topological polar surface area (TPSA) is 221 Å². The van der Waals surface area contributed by atoms with Crippen molar-refractivity contribution >= 4 is 43.2 Å². The van der Waals surface area contributed by atoms with Crippen molar-refractivity contribution in [3.8, 4) is 22.3 Å². The molecule has 2 aliphatic rings. The number of nitrogens with two attached hydrogens (primary N) is 1. The molecule has 368 valence electrons. The molecule has 2 saturated carbocycles. The summed E-state index contributed by atoms with van der Waals surface area (Å²) in [7, 11) is -7.29. The number of carboxylic acid groups (broad SMARTS) is 1. The zero-order chi connectivity index (χ0) is 50.1. The molecule has 4 N–H and O–H groups in total. The lowest BCUT2D eigenvalue weighted by molar-refractivity contribution is 0.0698. The van der Waals surface area contributed by atoms with Gasteiger partial charge in [-0.25, -0.2) is 59.3 Å². The number of primary sulfonamides is 1. The highest BCUT2D eigenvalue weighted by molar-refractivity contribution is 7.89. The van der Waals surface area contributed by atoms with E-state index in [0.29, 0.717) is 22.8 Å². The monoisotopic (exact) mass is 1000 g/mol. The van der Waals surface area contributed by atoms with E-state index in [1.54, 1.807) is 100 Å². The number of halogens is 2. The van der Waals surface area contributed by atoms with Crippen molar-refractivity contribution in [2.45, 2.75) is 87.5 Å². The van der Waals surface area contributed by atoms with Crippen molar-refractivity contribution in [2.24, 2.45) is 5.14 Å². The van der Waals surface area contributed by atoms with Crippen LogP contribution in [0.25, 0.3) is 33.5 Å². The van der Waals surface area contributed by atoms with Crippen LogP contribution in [-0.2, 0) is 31.6 Å². The van der Waals surface area contributed by atoms with Gasteiger partial charge < -0.3 is 5.11 Å². The van der Waals surface area contributed by atoms with Crippen molar-refractivity contribution < 1.29 is 40.3 Å². The van der Waals surface area contributed by atoms with Gasteiger partial charge in [-0.3, -0.25) is 4.79 Å². The van der Waals surface area contributed by atoms with Gasteiger partial charge in [-0.05, 0) is 72.2 Å². The average molecular weight is 1000 g/mol. The number of fused-ring (bicyclic) bond motifs is 2. The second-order valence-corrected chi connectivity index (χ2v) is 21.0. The van der Waals surface area contributed by atoms with Gasteiger partial charge in [-0.1, -0.05) is 123 Å². The third-order valence-electron chi connectivity index (χ3n) is 12.6. The highest BCUT2D eigenvalue weighted by Gasteiger charge is 2.28. The maximum atomic E-state index is 13.5. The number of rotatable bonds is 11. The average Bonchev–Trinajstić information content (AvgIpc) is 4.00. The minimum Gasteiger partial charge on any atom is -0.477 e. The summed E-state index contributed by atoms with van der Waals surface area (Å²) in [6, 6.07) is 30.0. The number of nitrogens with one attached hydrogen (secondary N) is 1. The van der Waals surface area contributed by atoms with Crippen LogP contribution in [0.4, 0.5) is 8.78 Å². The first-order valence-corrected chi connectivity index (χ1v) is 26.6. The first kappa shape index (κ1) is 50.2. The van der Waals surface area contributed by atoms with Gasteiger partial charge in [-0.2, -0.15) is 10.2 Å². The number of carbonyl (C=O) groups excluding carboxylic acids is 1. The molecule has 1 amide bonds. The van der Waals surface area contributed by atoms with Crippen LogP contribution in [0.5, 0.6) is 0 Å². The molecule has 0 bridgehead atoms. The predicted octanol–water partition coefficient (Wildman–Crippen LogP) is 9.60. The Kier molecular flexibility index (Phi) is 15.7. The van der Waals surface area contributed by atoms with Crippen LogP contribution in [0.3, 0.4) is 0 Å². The summed E-state index contributed by atoms with van der Waals surface area (Å²) in [5, 5.41) is 23.0. The van der Waals surface area contributed by atoms with E-state index in [9.17, 15) is 40.3 Å². The van der Waals surface area contributed by atoms with Crippen LogP contribution in [0.1, 0.15) is 119 Å². The first-order chi connectivity index (χ1) is 34.1. The van der Waals surface area contributed by atoms with E-state index < -0.39 is 31.9 Å². The van der Waals surface area contributed by atoms with Gasteiger partial charge in [0.1, 0.15) is 22.8 Å². The molecule has 0 spiro atoms. The van der Waals surface area contributed by atoms with E-state index >= 15 is 0 Å². The number of aromatic carboxylic acids is 1. The molecule has 15 nitrogen and oxygen atoms in total. The lowest BCUT2D eigenvalue weighted by Crippen LogP contribution is -2.31. The fraction of sp³-hybridized carbons (Fsp3) is 0.269. The number of carboxylic acids is 1. The Balaban J connectivity index is 0.000000163. The van der Waals surface area contributed by atoms with Crippen molar-refractivity contribution in [3.05, 3.63) is 179 Å². The second-order valence-electron chi connectivity index (χ2n) is 17.7. The summed E-state index contributed by atoms with van der Waals surface area (Å²) in [6.07, 6.45) is 16.9. The minimum absolute atomic E-state index is 0.0874. The largest absolute Gasteiger partial charge is 0.477 e. The fourth-order valence-electron chi connectivity index (χ4n) is 9.28. The highest BCUT2D eigenvalue weighted by atomic mass is 32.2. The zero-order valence-corrected chi connectivity index (χ0v) is 40.2. The van der Waals surface area contributed by atoms with Crippen LogP contribution < -0.4 is 9.86 Å². The molecular formula is C52H52F2N8O7S2. The van der Waals surface area contributed by atoms with Gasteiger partial charge in [0.15, 0.2) is 11.3 Å². The third kappa shape index (κ3) is 12.6. The van der Waals surface area contributed by atoms with E-state index in [-0.39, 0.29) is 40.2 Å². The molecule has 4 aromatic carbocycles. The standard InChI is InChI=1S/C26H25FN4O3S.C19H18FN3O2.C7H9NO2S/c27-21-13-11-19(12-14-21)22-15-28-25-23(16-29-31(25)24(22)20-9-5-2-6-10-20)26(32)30-35(33,34)17-18-7-3-1-4-8-18;20-14-8-6-12(7-9-14)15-10-21-18-16(19(24)25)11-22-23(18)17(15)13-4-2-1-3-5-13;8-11(9,10)6-7-4-2-1-3-5-7/h1,3-4,7-8,11-16,20H,2,5-6,9-10,17H2,(H,30,32);6-11,13H,1-5H2,(H,24,25);1-5H,6H2,(H2,8,9,10). The molecule has 8 aromatic rings. The Hall–Kier alpha value is -7.22. The minimum atomic E-state index is -3.91. The summed E-state index contributed by atoms with van der Waals surface area (Å²) in [4.78, 5) is 33.2. The smallest absolute Gasteiger partial charge is 0.341 e. The SMILES string of the molecule is NS(=O)(=O)Cc1ccccc1.O=C(NS(=O)(=O)Cc1ccccc1)c1cnn2c(C3CCCCC3)c(-c3ccc(F)cc3)cnc12.O=C(O)c1cnn2c(C3CCCCC3)c(-c3ccc(F)cc3)cnc12. The van der Waals surface area contributed by atoms with Crippen LogP contribution >= 0.6 is 0 Å². The van der Waals surface area contributed by atoms with Gasteiger partial charge in [-0.15, -0.1) is 0 Å². The summed E-state index contributed by atoms with van der Waals surface area (Å²) in [5.41, 5.74) is 7.42. The summed E-state index contributed by atoms with van der Waals surface area (Å²) in [5.74, 6) is -2.32. The van der Waals surface area contributed by atoms with E-state index in [0.717, 1.165) is 90.6 Å². The summed E-state index contributed by atoms with van der Waals surface area (Å²) < 4.78 is 78.7. The van der Waals surface area contributed by atoms with Crippen LogP contribution in [0, 0.1) is 11.6 Å². The Labute approximate surface area is 409 Å². The Bertz CT molecular complexity index is 3360. The van der Waals surface area contributed by atoms with E-state index in [2.05, 4.69) is 24.9 Å². The second kappa shape index (κ2) is 22.2. The highest BCUT2D eigenvalue weighted by Crippen LogP contribution is 2.40. The fourth-order valence-corrected chi connectivity index (χ4v) is 11.0. The van der Waals surface area contributed by atoms with Gasteiger partial charge in [0.05, 0.1) is 35.3 Å². The normalized spacial score (nSPS) is 14.5. The maximum absolute atomic E-state index is 13.5. The number of carbonyl (C=O) groups is 2. The van der Waals surface area contributed by atoms with Crippen LogP contribution in [-0.4, -0.2) is 63.0 Å². The third-order valence-corrected chi connectivity index (χ3v) is 14.5. The number of hydrogen-bond acceptors (Lipinski definition) is 10. The predicted molar refractivity (Wildman–Crippen MR) is 265 cm³/mol. The number of sulfonamides is 2. The molecule has 10 rings (SSSR count). The van der Waals surface area contributed by atoms with E-state index in [1.165, 1.54) is 49.5 Å². The quantitative estimate of drug-likeness (QED) is 0.111. The summed E-state index contributed by atoms with van der Waals surface area (Å²) >= 11 is 0. The maximum Gasteiger partial charge on any atom is 0.341 e. The number of benzene rings is 4. The van der Waals surface area contributed by atoms with E-state index in [4.69, 9.17) is 5.14 Å². The van der Waals surface area contributed by atoms with Gasteiger partial charge in [0, 0.05) is 35.4 Å². The molecule has 0 radical (unpaired) electrons. The van der Waals surface area contributed by atoms with Crippen LogP contribution in [0.2, 0.25) is 0 Å². The lowest BCUT2D eigenvalue weighted by Gasteiger charge is -2.25. The molecule has 2 fully saturated rings. The zero-order valence-electron chi connectivity index (χ0n) is 38.6. The lowest BCUT2D eigenvalue weighted by atomic mass is 9.84. The molecule has 2 aliphatic carbocycles. The van der Waals surface area contributed by atoms with Gasteiger partial charge in [0.2, 0.25) is 20.0 Å². The summed E-state index contributed by atoms with van der Waals surface area (Å²) in [6.45, 7) is 0. The van der Waals surface area contributed by atoms with Crippen molar-refractivity contribution in [3.63, 3.8) is 0 Å². The molecule has 0 atom stereocenters. The molecule has 0 saturated heterocycles. The molecule has 0 aliphatic heterocycles. The number of amides is 1. The Morgan fingerprint density at radius 3 is 1.41 bits per heavy atom. The number of hydrogen-bond donors (Lipinski definition) is 3. The van der Waals surface area contributed by atoms with Crippen LogP contribution in [0.15, 0.2) is 134 Å². The first-order valence-electron chi connectivity index (χ1n) is 23.3. The van der Waals surface area contributed by atoms with Crippen molar-refractivity contribution in [1.29, 1.82) is 0 Å². The molecular weight excluding hydrogens is 951 g/mol. The number of nitrogens with zero attached hydrogens (tertiary/aromatic N) is 6. The Morgan fingerprint density at radius 1 is 0.577 bits per heavy atom. The molecule has 0 unspecified atom stereocenters. The molecule has 4 heterocycles. The molecule has 71 heavy (non-hydrogen) atoms. The van der Waals surface area contributed by atoms with E-state index in [1.807, 2.05) is 6.07 Å². The molecule has 4 aromatic heterocycles. The molecule has 19 heteroatoms. The van der Waals surface area contributed by atoms with Crippen molar-refractivity contribution in [2.75, 3.05) is 0 Å². The Morgan fingerprint density at radius 2 is 0.986 bits per heavy atom.